The summed E-state index contributed by atoms with van der Waals surface area (Å²) in [5.41, 5.74) is 0.988. The van der Waals surface area contributed by atoms with Crippen molar-refractivity contribution in [2.24, 2.45) is 10.3 Å². The predicted octanol–water partition coefficient (Wildman–Crippen LogP) is 2.78. The molecule has 0 aliphatic carbocycles. The van der Waals surface area contributed by atoms with Crippen LogP contribution in [0.1, 0.15) is 5.56 Å². The van der Waals surface area contributed by atoms with Crippen LogP contribution in [0.4, 0.5) is 0 Å². The predicted molar refractivity (Wildman–Crippen MR) is 62.9 cm³/mol. The van der Waals surface area contributed by atoms with Gasteiger partial charge in [-0.15, -0.1) is 0 Å². The molecule has 4 heteroatoms. The van der Waals surface area contributed by atoms with E-state index in [1.165, 1.54) is 0 Å². The minimum Gasteiger partial charge on any atom is -0.411 e. The van der Waals surface area contributed by atoms with Gasteiger partial charge in [-0.25, -0.2) is 0 Å². The van der Waals surface area contributed by atoms with Crippen molar-refractivity contribution >= 4 is 16.5 Å². The summed E-state index contributed by atoms with van der Waals surface area (Å²) in [6, 6.07) is 13.4. The van der Waals surface area contributed by atoms with Gasteiger partial charge in [0.2, 0.25) is 0 Å². The lowest BCUT2D eigenvalue weighted by atomic mass is 10.0. The van der Waals surface area contributed by atoms with Crippen molar-refractivity contribution < 1.29 is 5.21 Å². The molecule has 16 heavy (non-hydrogen) atoms. The number of benzene rings is 2. The Bertz CT molecular complexity index is 549. The molecule has 2 rings (SSSR count). The fraction of sp³-hybridized carbons (Fsp3) is 0.0833. The largest absolute Gasteiger partial charge is 0.411 e. The van der Waals surface area contributed by atoms with Gasteiger partial charge in [-0.2, -0.15) is 4.91 Å². The van der Waals surface area contributed by atoms with Crippen molar-refractivity contribution in [2.75, 3.05) is 6.54 Å². The second-order valence-electron chi connectivity index (χ2n) is 3.40. The van der Waals surface area contributed by atoms with Gasteiger partial charge in [0, 0.05) is 5.56 Å². The van der Waals surface area contributed by atoms with E-state index < -0.39 is 0 Å². The quantitative estimate of drug-likeness (QED) is 0.369. The lowest BCUT2D eigenvalue weighted by molar-refractivity contribution is 0.318. The van der Waals surface area contributed by atoms with Crippen LogP contribution in [0.2, 0.25) is 0 Å². The molecule has 0 saturated heterocycles. The van der Waals surface area contributed by atoms with Gasteiger partial charge in [-0.1, -0.05) is 46.7 Å². The lowest BCUT2D eigenvalue weighted by Gasteiger charge is -2.02. The number of fused-ring (bicyclic) bond motifs is 1. The summed E-state index contributed by atoms with van der Waals surface area (Å²) >= 11 is 0. The number of nitroso groups, excluding NO2 is 1. The zero-order valence-electron chi connectivity index (χ0n) is 8.50. The first-order valence-corrected chi connectivity index (χ1v) is 4.84. The third-order valence-electron chi connectivity index (χ3n) is 2.42. The highest BCUT2D eigenvalue weighted by Gasteiger charge is 2.05. The number of rotatable bonds is 3. The molecular weight excluding hydrogens is 204 g/mol. The maximum atomic E-state index is 10.2. The van der Waals surface area contributed by atoms with Crippen molar-refractivity contribution in [2.45, 2.75) is 0 Å². The topological polar surface area (TPSA) is 62.0 Å². The highest BCUT2D eigenvalue weighted by Crippen LogP contribution is 2.16. The Morgan fingerprint density at radius 2 is 1.88 bits per heavy atom. The van der Waals surface area contributed by atoms with Gasteiger partial charge in [-0.05, 0) is 16.8 Å². The number of hydrogen-bond donors (Lipinski definition) is 1. The van der Waals surface area contributed by atoms with E-state index in [1.807, 2.05) is 42.5 Å². The molecular formula is C12H10N2O2. The van der Waals surface area contributed by atoms with Crippen molar-refractivity contribution in [3.8, 4) is 0 Å². The maximum Gasteiger partial charge on any atom is 0.127 e. The second-order valence-corrected chi connectivity index (χ2v) is 3.40. The minimum atomic E-state index is -0.130. The highest BCUT2D eigenvalue weighted by molar-refractivity contribution is 6.04. The first-order valence-electron chi connectivity index (χ1n) is 4.84. The Hall–Kier alpha value is -2.23. The van der Waals surface area contributed by atoms with Crippen LogP contribution in [0.3, 0.4) is 0 Å². The maximum absolute atomic E-state index is 10.2. The Labute approximate surface area is 92.2 Å². The third-order valence-corrected chi connectivity index (χ3v) is 2.42. The average Bonchev–Trinajstić information content (AvgIpc) is 2.35. The van der Waals surface area contributed by atoms with Crippen LogP contribution in [-0.4, -0.2) is 17.5 Å². The summed E-state index contributed by atoms with van der Waals surface area (Å²) in [4.78, 5) is 10.2. The van der Waals surface area contributed by atoms with Gasteiger partial charge in [0.25, 0.3) is 0 Å². The van der Waals surface area contributed by atoms with Gasteiger partial charge < -0.3 is 5.21 Å². The normalized spacial score (nSPS) is 11.6. The Morgan fingerprint density at radius 1 is 1.12 bits per heavy atom. The molecule has 1 N–H and O–H groups in total. The van der Waals surface area contributed by atoms with E-state index in [2.05, 4.69) is 10.3 Å². The molecule has 0 bridgehead atoms. The molecule has 2 aromatic rings. The standard InChI is InChI=1S/C12H10N2O2/c15-13-8-12(14-16)11-6-5-9-3-1-2-4-10(9)7-11/h1-7,16H,8H2/b14-12+. The molecule has 4 nitrogen and oxygen atoms in total. The molecule has 0 atom stereocenters. The van der Waals surface area contributed by atoms with Gasteiger partial charge in [-0.3, -0.25) is 0 Å². The summed E-state index contributed by atoms with van der Waals surface area (Å²) in [6.07, 6.45) is 0. The number of nitrogens with zero attached hydrogens (tertiary/aromatic N) is 2. The summed E-state index contributed by atoms with van der Waals surface area (Å²) in [7, 11) is 0. The summed E-state index contributed by atoms with van der Waals surface area (Å²) in [6.45, 7) is -0.130. The molecule has 0 aliphatic heterocycles. The van der Waals surface area contributed by atoms with E-state index in [-0.39, 0.29) is 12.3 Å². The lowest BCUT2D eigenvalue weighted by Crippen LogP contribution is -2.04. The van der Waals surface area contributed by atoms with Gasteiger partial charge >= 0.3 is 0 Å². The van der Waals surface area contributed by atoms with Crippen LogP contribution in [0.15, 0.2) is 52.8 Å². The zero-order chi connectivity index (χ0) is 11.4. The molecule has 2 aromatic carbocycles. The molecule has 0 spiro atoms. The molecule has 0 heterocycles. The molecule has 0 fully saturated rings. The van der Waals surface area contributed by atoms with Crippen LogP contribution in [-0.2, 0) is 0 Å². The van der Waals surface area contributed by atoms with E-state index in [1.54, 1.807) is 0 Å². The first-order chi connectivity index (χ1) is 7.85. The van der Waals surface area contributed by atoms with Gasteiger partial charge in [0.15, 0.2) is 0 Å². The molecule has 0 unspecified atom stereocenters. The summed E-state index contributed by atoms with van der Waals surface area (Å²) in [5, 5.41) is 16.7. The van der Waals surface area contributed by atoms with E-state index in [9.17, 15) is 4.91 Å². The number of oxime groups is 1. The van der Waals surface area contributed by atoms with E-state index in [4.69, 9.17) is 5.21 Å². The average molecular weight is 214 g/mol. The van der Waals surface area contributed by atoms with E-state index in [0.29, 0.717) is 5.56 Å². The summed E-state index contributed by atoms with van der Waals surface area (Å²) < 4.78 is 0. The molecule has 80 valence electrons. The Morgan fingerprint density at radius 3 is 2.56 bits per heavy atom. The zero-order valence-corrected chi connectivity index (χ0v) is 8.50. The van der Waals surface area contributed by atoms with Crippen LogP contribution in [0.5, 0.6) is 0 Å². The smallest absolute Gasteiger partial charge is 0.127 e. The van der Waals surface area contributed by atoms with Crippen LogP contribution >= 0.6 is 0 Å². The van der Waals surface area contributed by atoms with Crippen molar-refractivity contribution in [1.82, 2.24) is 0 Å². The van der Waals surface area contributed by atoms with Crippen molar-refractivity contribution in [1.29, 1.82) is 0 Å². The first kappa shape index (κ1) is 10.3. The van der Waals surface area contributed by atoms with Crippen LogP contribution in [0, 0.1) is 4.91 Å². The van der Waals surface area contributed by atoms with E-state index in [0.717, 1.165) is 10.8 Å². The van der Waals surface area contributed by atoms with Crippen LogP contribution in [0.25, 0.3) is 10.8 Å². The highest BCUT2D eigenvalue weighted by atomic mass is 16.4. The molecule has 0 radical (unpaired) electrons. The Kier molecular flexibility index (Phi) is 2.91. The van der Waals surface area contributed by atoms with Gasteiger partial charge in [0.1, 0.15) is 12.3 Å². The molecule has 0 aromatic heterocycles. The third kappa shape index (κ3) is 1.91. The fourth-order valence-corrected chi connectivity index (χ4v) is 1.61. The SMILES string of the molecule is O=NC/C(=N\O)c1ccc2ccccc2c1. The van der Waals surface area contributed by atoms with Crippen molar-refractivity contribution in [3.63, 3.8) is 0 Å². The van der Waals surface area contributed by atoms with Crippen LogP contribution < -0.4 is 0 Å². The molecule has 0 saturated carbocycles. The fourth-order valence-electron chi connectivity index (χ4n) is 1.61. The molecule has 0 aliphatic rings. The summed E-state index contributed by atoms with van der Waals surface area (Å²) in [5.74, 6) is 0. The second kappa shape index (κ2) is 4.53. The monoisotopic (exact) mass is 214 g/mol. The van der Waals surface area contributed by atoms with Gasteiger partial charge in [0.05, 0.1) is 0 Å². The van der Waals surface area contributed by atoms with E-state index >= 15 is 0 Å². The molecule has 0 amide bonds. The van der Waals surface area contributed by atoms with Crippen molar-refractivity contribution in [3.05, 3.63) is 52.9 Å². The minimum absolute atomic E-state index is 0.130. The Balaban J connectivity index is 2.50. The number of hydrogen-bond acceptors (Lipinski definition) is 4.